The average Bonchev–Trinajstić information content (AvgIpc) is 2.51. The number of carboxylic acids is 1. The number of carboxylic acid groups (broad SMARTS) is 1. The van der Waals surface area contributed by atoms with E-state index in [9.17, 15) is 4.79 Å². The van der Waals surface area contributed by atoms with E-state index in [1.165, 1.54) is 19.3 Å². The summed E-state index contributed by atoms with van der Waals surface area (Å²) in [5.74, 6) is -0.272. The molecule has 0 saturated heterocycles. The van der Waals surface area contributed by atoms with E-state index in [0.29, 0.717) is 13.2 Å². The molecule has 4 nitrogen and oxygen atoms in total. The molecule has 0 aromatic heterocycles. The summed E-state index contributed by atoms with van der Waals surface area (Å²) >= 11 is 0. The number of nitrogens with zero attached hydrogens (tertiary/aromatic N) is 1. The smallest absolute Gasteiger partial charge is 0.308 e. The maximum atomic E-state index is 11.1. The zero-order valence-electron chi connectivity index (χ0n) is 14.0. The summed E-state index contributed by atoms with van der Waals surface area (Å²) in [5.41, 5.74) is 1.06. The number of benzene rings is 1. The fourth-order valence-electron chi connectivity index (χ4n) is 2.38. The van der Waals surface area contributed by atoms with Crippen LogP contribution in [0.25, 0.3) is 0 Å². The van der Waals surface area contributed by atoms with Crippen LogP contribution in [0.15, 0.2) is 24.3 Å². The van der Waals surface area contributed by atoms with Gasteiger partial charge in [0.25, 0.3) is 0 Å². The van der Waals surface area contributed by atoms with Gasteiger partial charge in [-0.1, -0.05) is 33.1 Å². The minimum absolute atomic E-state index is 0.377. The van der Waals surface area contributed by atoms with Crippen molar-refractivity contribution >= 4 is 11.7 Å². The zero-order chi connectivity index (χ0) is 16.4. The van der Waals surface area contributed by atoms with Gasteiger partial charge in [-0.3, -0.25) is 4.79 Å². The van der Waals surface area contributed by atoms with Crippen LogP contribution >= 0.6 is 0 Å². The molecule has 1 rings (SSSR count). The molecular weight excluding hydrogens is 278 g/mol. The summed E-state index contributed by atoms with van der Waals surface area (Å²) in [4.78, 5) is 13.3. The highest BCUT2D eigenvalue weighted by atomic mass is 16.5. The third-order valence-electron chi connectivity index (χ3n) is 3.71. The summed E-state index contributed by atoms with van der Waals surface area (Å²) in [7, 11) is 0. The van der Waals surface area contributed by atoms with E-state index in [0.717, 1.165) is 24.4 Å². The lowest BCUT2D eigenvalue weighted by Crippen LogP contribution is -2.32. The van der Waals surface area contributed by atoms with Gasteiger partial charge in [-0.2, -0.15) is 0 Å². The van der Waals surface area contributed by atoms with E-state index in [1.54, 1.807) is 6.92 Å². The van der Waals surface area contributed by atoms with E-state index in [2.05, 4.69) is 11.8 Å². The van der Waals surface area contributed by atoms with Gasteiger partial charge in [0.15, 0.2) is 0 Å². The molecular formula is C18H29NO3. The fraction of sp³-hybridized carbons (Fsp3) is 0.611. The van der Waals surface area contributed by atoms with Crippen molar-refractivity contribution in [3.63, 3.8) is 0 Å². The molecule has 0 aliphatic carbocycles. The van der Waals surface area contributed by atoms with Crippen molar-refractivity contribution in [1.29, 1.82) is 0 Å². The van der Waals surface area contributed by atoms with Crippen LogP contribution in [0, 0.1) is 5.92 Å². The van der Waals surface area contributed by atoms with E-state index < -0.39 is 5.97 Å². The number of ether oxygens (including phenoxy) is 1. The standard InChI is InChI=1S/C18H29NO3/c1-4-6-7-8-13-19(14-15(3)18(20)21)16-9-11-17(12-10-16)22-5-2/h9-12,15H,4-8,13-14H2,1-3H3,(H,20,21). The summed E-state index contributed by atoms with van der Waals surface area (Å²) < 4.78 is 5.46. The highest BCUT2D eigenvalue weighted by molar-refractivity contribution is 5.70. The molecule has 124 valence electrons. The van der Waals surface area contributed by atoms with Crippen molar-refractivity contribution in [2.24, 2.45) is 5.92 Å². The van der Waals surface area contributed by atoms with Crippen molar-refractivity contribution in [2.75, 3.05) is 24.6 Å². The van der Waals surface area contributed by atoms with Crippen molar-refractivity contribution in [2.45, 2.75) is 46.5 Å². The van der Waals surface area contributed by atoms with Gasteiger partial charge in [0, 0.05) is 18.8 Å². The maximum Gasteiger partial charge on any atom is 0.308 e. The molecule has 0 aliphatic rings. The van der Waals surface area contributed by atoms with Gasteiger partial charge < -0.3 is 14.7 Å². The molecule has 22 heavy (non-hydrogen) atoms. The molecule has 1 N–H and O–H groups in total. The molecule has 0 amide bonds. The number of anilines is 1. The number of aliphatic carboxylic acids is 1. The second-order valence-corrected chi connectivity index (χ2v) is 5.67. The predicted molar refractivity (Wildman–Crippen MR) is 90.8 cm³/mol. The Morgan fingerprint density at radius 1 is 1.18 bits per heavy atom. The summed E-state index contributed by atoms with van der Waals surface area (Å²) in [6.45, 7) is 7.99. The molecule has 0 radical (unpaired) electrons. The molecule has 0 spiro atoms. The molecule has 0 aliphatic heterocycles. The Kier molecular flexibility index (Phi) is 8.41. The minimum atomic E-state index is -0.746. The van der Waals surface area contributed by atoms with Gasteiger partial charge in [0.05, 0.1) is 12.5 Å². The monoisotopic (exact) mass is 307 g/mol. The Morgan fingerprint density at radius 2 is 1.86 bits per heavy atom. The van der Waals surface area contributed by atoms with Gasteiger partial charge >= 0.3 is 5.97 Å². The first kappa shape index (κ1) is 18.3. The van der Waals surface area contributed by atoms with Crippen LogP contribution in [0.2, 0.25) is 0 Å². The Labute approximate surface area is 134 Å². The molecule has 1 atom stereocenters. The lowest BCUT2D eigenvalue weighted by molar-refractivity contribution is -0.140. The predicted octanol–water partition coefficient (Wildman–Crippen LogP) is 4.19. The van der Waals surface area contributed by atoms with E-state index >= 15 is 0 Å². The summed E-state index contributed by atoms with van der Waals surface area (Å²) in [6, 6.07) is 7.92. The van der Waals surface area contributed by atoms with Gasteiger partial charge in [-0.25, -0.2) is 0 Å². The van der Waals surface area contributed by atoms with E-state index in [-0.39, 0.29) is 5.92 Å². The van der Waals surface area contributed by atoms with Crippen LogP contribution < -0.4 is 9.64 Å². The maximum absolute atomic E-state index is 11.1. The highest BCUT2D eigenvalue weighted by Crippen LogP contribution is 2.21. The second kappa shape index (κ2) is 10.1. The summed E-state index contributed by atoms with van der Waals surface area (Å²) in [6.07, 6.45) is 4.71. The van der Waals surface area contributed by atoms with Gasteiger partial charge in [0.2, 0.25) is 0 Å². The first-order valence-corrected chi connectivity index (χ1v) is 8.29. The number of rotatable bonds is 11. The fourth-order valence-corrected chi connectivity index (χ4v) is 2.38. The van der Waals surface area contributed by atoms with Crippen LogP contribution in [0.3, 0.4) is 0 Å². The first-order chi connectivity index (χ1) is 10.6. The third-order valence-corrected chi connectivity index (χ3v) is 3.71. The van der Waals surface area contributed by atoms with E-state index in [4.69, 9.17) is 9.84 Å². The van der Waals surface area contributed by atoms with Crippen molar-refractivity contribution < 1.29 is 14.6 Å². The van der Waals surface area contributed by atoms with Crippen LogP contribution in [0.4, 0.5) is 5.69 Å². The topological polar surface area (TPSA) is 49.8 Å². The lowest BCUT2D eigenvalue weighted by atomic mass is 10.1. The quantitative estimate of drug-likeness (QED) is 0.623. The average molecular weight is 307 g/mol. The van der Waals surface area contributed by atoms with Gasteiger partial charge in [-0.15, -0.1) is 0 Å². The number of hydrogen-bond donors (Lipinski definition) is 1. The van der Waals surface area contributed by atoms with E-state index in [1.807, 2.05) is 31.2 Å². The second-order valence-electron chi connectivity index (χ2n) is 5.67. The third kappa shape index (κ3) is 6.37. The van der Waals surface area contributed by atoms with Gasteiger partial charge in [-0.05, 0) is 37.6 Å². The SMILES string of the molecule is CCCCCCN(CC(C)C(=O)O)c1ccc(OCC)cc1. The molecule has 0 bridgehead atoms. The normalized spacial score (nSPS) is 12.0. The molecule has 1 aromatic rings. The molecule has 0 fully saturated rings. The number of carbonyl (C=O) groups is 1. The molecule has 4 heteroatoms. The summed E-state index contributed by atoms with van der Waals surface area (Å²) in [5, 5.41) is 9.15. The molecule has 1 unspecified atom stereocenters. The van der Waals surface area contributed by atoms with Crippen molar-refractivity contribution in [1.82, 2.24) is 0 Å². The Bertz CT molecular complexity index is 430. The Hall–Kier alpha value is -1.71. The molecule has 0 heterocycles. The highest BCUT2D eigenvalue weighted by Gasteiger charge is 2.16. The van der Waals surface area contributed by atoms with Crippen LogP contribution in [0.5, 0.6) is 5.75 Å². The number of hydrogen-bond acceptors (Lipinski definition) is 3. The first-order valence-electron chi connectivity index (χ1n) is 8.29. The Morgan fingerprint density at radius 3 is 2.41 bits per heavy atom. The van der Waals surface area contributed by atoms with Crippen molar-refractivity contribution in [3.8, 4) is 5.75 Å². The van der Waals surface area contributed by atoms with Gasteiger partial charge in [0.1, 0.15) is 5.75 Å². The molecule has 1 aromatic carbocycles. The minimum Gasteiger partial charge on any atom is -0.494 e. The number of unbranched alkanes of at least 4 members (excludes halogenated alkanes) is 3. The van der Waals surface area contributed by atoms with Crippen LogP contribution in [-0.4, -0.2) is 30.8 Å². The van der Waals surface area contributed by atoms with Crippen molar-refractivity contribution in [3.05, 3.63) is 24.3 Å². The Balaban J connectivity index is 2.71. The lowest BCUT2D eigenvalue weighted by Gasteiger charge is -2.27. The van der Waals surface area contributed by atoms with Crippen LogP contribution in [0.1, 0.15) is 46.5 Å². The molecule has 0 saturated carbocycles. The van der Waals surface area contributed by atoms with Crippen LogP contribution in [-0.2, 0) is 4.79 Å². The zero-order valence-corrected chi connectivity index (χ0v) is 14.0. The largest absolute Gasteiger partial charge is 0.494 e.